The van der Waals surface area contributed by atoms with E-state index in [1.54, 1.807) is 30.3 Å². The number of fused-ring (bicyclic) bond motifs is 1. The molecule has 0 saturated carbocycles. The van der Waals surface area contributed by atoms with Gasteiger partial charge in [-0.05, 0) is 42.3 Å². The highest BCUT2D eigenvalue weighted by molar-refractivity contribution is 6.35. The van der Waals surface area contributed by atoms with Crippen LogP contribution in [0.4, 0.5) is 0 Å². The molecule has 136 valence electrons. The van der Waals surface area contributed by atoms with Crippen LogP contribution < -0.4 is 20.1 Å². The topological polar surface area (TPSA) is 76.7 Å². The standard InChI is InChI=1S/C18H16Cl2N2O4/c19-13-3-1-11(14(20)8-13)5-6-21-17(23)9-22-18(24)12-2-4-15-16(7-12)26-10-25-15/h1-4,7-8H,5-6,9-10H2,(H,21,23)(H,22,24). The summed E-state index contributed by atoms with van der Waals surface area (Å²) in [7, 11) is 0. The molecule has 0 atom stereocenters. The Labute approximate surface area is 160 Å². The van der Waals surface area contributed by atoms with Crippen molar-refractivity contribution in [2.45, 2.75) is 6.42 Å². The molecule has 0 fully saturated rings. The first-order valence-electron chi connectivity index (χ1n) is 7.91. The van der Waals surface area contributed by atoms with Crippen LogP contribution in [0.2, 0.25) is 10.0 Å². The number of ether oxygens (including phenoxy) is 2. The molecule has 2 aromatic carbocycles. The first-order chi connectivity index (χ1) is 12.5. The minimum Gasteiger partial charge on any atom is -0.454 e. The van der Waals surface area contributed by atoms with Gasteiger partial charge in [-0.25, -0.2) is 0 Å². The highest BCUT2D eigenvalue weighted by Gasteiger charge is 2.16. The first-order valence-corrected chi connectivity index (χ1v) is 8.67. The van der Waals surface area contributed by atoms with Crippen LogP contribution >= 0.6 is 23.2 Å². The first kappa shape index (κ1) is 18.4. The number of benzene rings is 2. The van der Waals surface area contributed by atoms with Crippen molar-refractivity contribution in [3.8, 4) is 11.5 Å². The summed E-state index contributed by atoms with van der Waals surface area (Å²) in [5.41, 5.74) is 1.29. The van der Waals surface area contributed by atoms with Crippen molar-refractivity contribution in [3.05, 3.63) is 57.6 Å². The predicted molar refractivity (Wildman–Crippen MR) is 98.1 cm³/mol. The van der Waals surface area contributed by atoms with Crippen LogP contribution in [0.25, 0.3) is 0 Å². The minimum absolute atomic E-state index is 0.123. The largest absolute Gasteiger partial charge is 0.454 e. The molecule has 2 N–H and O–H groups in total. The molecule has 0 spiro atoms. The summed E-state index contributed by atoms with van der Waals surface area (Å²) in [6.45, 7) is 0.419. The van der Waals surface area contributed by atoms with Gasteiger partial charge in [0.2, 0.25) is 12.7 Å². The third-order valence-corrected chi connectivity index (χ3v) is 4.36. The van der Waals surface area contributed by atoms with Gasteiger partial charge in [0.1, 0.15) is 0 Å². The summed E-state index contributed by atoms with van der Waals surface area (Å²) < 4.78 is 10.4. The van der Waals surface area contributed by atoms with Crippen LogP contribution in [0.15, 0.2) is 36.4 Å². The Morgan fingerprint density at radius 1 is 1.00 bits per heavy atom. The lowest BCUT2D eigenvalue weighted by atomic mass is 10.1. The smallest absolute Gasteiger partial charge is 0.251 e. The van der Waals surface area contributed by atoms with E-state index in [0.717, 1.165) is 5.56 Å². The van der Waals surface area contributed by atoms with Gasteiger partial charge in [-0.15, -0.1) is 0 Å². The van der Waals surface area contributed by atoms with Gasteiger partial charge in [-0.1, -0.05) is 29.3 Å². The molecule has 0 aromatic heterocycles. The summed E-state index contributed by atoms with van der Waals surface area (Å²) in [6, 6.07) is 10.1. The number of carbonyl (C=O) groups excluding carboxylic acids is 2. The van der Waals surface area contributed by atoms with Crippen LogP contribution in [0.5, 0.6) is 11.5 Å². The highest BCUT2D eigenvalue weighted by atomic mass is 35.5. The molecule has 0 bridgehead atoms. The van der Waals surface area contributed by atoms with E-state index in [9.17, 15) is 9.59 Å². The van der Waals surface area contributed by atoms with Crippen LogP contribution in [-0.2, 0) is 11.2 Å². The molecule has 8 heteroatoms. The molecular formula is C18H16Cl2N2O4. The Hall–Kier alpha value is -2.44. The van der Waals surface area contributed by atoms with E-state index in [0.29, 0.717) is 40.1 Å². The molecule has 2 amide bonds. The molecule has 1 aliphatic heterocycles. The van der Waals surface area contributed by atoms with E-state index in [-0.39, 0.29) is 25.2 Å². The van der Waals surface area contributed by atoms with Crippen LogP contribution in [0.3, 0.4) is 0 Å². The summed E-state index contributed by atoms with van der Waals surface area (Å²) in [4.78, 5) is 24.0. The van der Waals surface area contributed by atoms with Crippen molar-refractivity contribution in [2.75, 3.05) is 19.9 Å². The van der Waals surface area contributed by atoms with Crippen molar-refractivity contribution in [2.24, 2.45) is 0 Å². The Morgan fingerprint density at radius 2 is 1.81 bits per heavy atom. The van der Waals surface area contributed by atoms with Gasteiger partial charge in [-0.2, -0.15) is 0 Å². The number of hydrogen-bond acceptors (Lipinski definition) is 4. The minimum atomic E-state index is -0.362. The van der Waals surface area contributed by atoms with E-state index in [4.69, 9.17) is 32.7 Å². The maximum atomic E-state index is 12.1. The lowest BCUT2D eigenvalue weighted by Crippen LogP contribution is -2.37. The van der Waals surface area contributed by atoms with Gasteiger partial charge in [0.05, 0.1) is 6.54 Å². The number of carbonyl (C=O) groups is 2. The maximum absolute atomic E-state index is 12.1. The number of hydrogen-bond donors (Lipinski definition) is 2. The van der Waals surface area contributed by atoms with E-state index >= 15 is 0 Å². The predicted octanol–water partition coefficient (Wildman–Crippen LogP) is 2.81. The molecule has 2 aromatic rings. The molecule has 0 radical (unpaired) electrons. The van der Waals surface area contributed by atoms with Crippen molar-refractivity contribution < 1.29 is 19.1 Å². The molecule has 1 aliphatic rings. The quantitative estimate of drug-likeness (QED) is 0.789. The molecular weight excluding hydrogens is 379 g/mol. The third kappa shape index (κ3) is 4.59. The van der Waals surface area contributed by atoms with E-state index in [1.807, 2.05) is 6.07 Å². The number of amides is 2. The average molecular weight is 395 g/mol. The second-order valence-electron chi connectivity index (χ2n) is 5.59. The molecule has 1 heterocycles. The molecule has 3 rings (SSSR count). The van der Waals surface area contributed by atoms with Crippen LogP contribution in [-0.4, -0.2) is 31.7 Å². The SMILES string of the molecule is O=C(CNC(=O)c1ccc2c(c1)OCO2)NCCc1ccc(Cl)cc1Cl. The van der Waals surface area contributed by atoms with Crippen molar-refractivity contribution in [3.63, 3.8) is 0 Å². The molecule has 0 aliphatic carbocycles. The summed E-state index contributed by atoms with van der Waals surface area (Å²) in [6.07, 6.45) is 0.567. The number of rotatable bonds is 6. The van der Waals surface area contributed by atoms with Crippen molar-refractivity contribution >= 4 is 35.0 Å². The summed E-state index contributed by atoms with van der Waals surface area (Å²) in [5.74, 6) is 0.463. The fraction of sp³-hybridized carbons (Fsp3) is 0.222. The fourth-order valence-electron chi connectivity index (χ4n) is 2.42. The van der Waals surface area contributed by atoms with Gasteiger partial charge < -0.3 is 20.1 Å². The second-order valence-corrected chi connectivity index (χ2v) is 6.43. The third-order valence-electron chi connectivity index (χ3n) is 3.78. The van der Waals surface area contributed by atoms with Gasteiger partial charge in [0.25, 0.3) is 5.91 Å². The molecule has 0 saturated heterocycles. The Balaban J connectivity index is 1.43. The molecule has 6 nitrogen and oxygen atoms in total. The van der Waals surface area contributed by atoms with E-state index in [1.165, 1.54) is 0 Å². The molecule has 26 heavy (non-hydrogen) atoms. The zero-order chi connectivity index (χ0) is 18.5. The fourth-order valence-corrected chi connectivity index (χ4v) is 2.93. The maximum Gasteiger partial charge on any atom is 0.251 e. The van der Waals surface area contributed by atoms with Gasteiger partial charge in [-0.3, -0.25) is 9.59 Å². The van der Waals surface area contributed by atoms with Gasteiger partial charge in [0, 0.05) is 22.2 Å². The Kier molecular flexibility index (Phi) is 5.85. The lowest BCUT2D eigenvalue weighted by molar-refractivity contribution is -0.120. The van der Waals surface area contributed by atoms with E-state index in [2.05, 4.69) is 10.6 Å². The number of nitrogens with one attached hydrogen (secondary N) is 2. The average Bonchev–Trinajstić information content (AvgIpc) is 3.09. The lowest BCUT2D eigenvalue weighted by Gasteiger charge is -2.08. The van der Waals surface area contributed by atoms with Crippen LogP contribution in [0, 0.1) is 0 Å². The Bertz CT molecular complexity index is 842. The zero-order valence-electron chi connectivity index (χ0n) is 13.7. The Morgan fingerprint density at radius 3 is 2.62 bits per heavy atom. The normalized spacial score (nSPS) is 11.9. The van der Waals surface area contributed by atoms with Gasteiger partial charge >= 0.3 is 0 Å². The highest BCUT2D eigenvalue weighted by Crippen LogP contribution is 2.32. The monoisotopic (exact) mass is 394 g/mol. The van der Waals surface area contributed by atoms with Crippen molar-refractivity contribution in [1.29, 1.82) is 0 Å². The molecule has 0 unspecified atom stereocenters. The van der Waals surface area contributed by atoms with Gasteiger partial charge in [0.15, 0.2) is 11.5 Å². The number of halogens is 2. The van der Waals surface area contributed by atoms with E-state index < -0.39 is 0 Å². The second kappa shape index (κ2) is 8.29. The zero-order valence-corrected chi connectivity index (χ0v) is 15.2. The summed E-state index contributed by atoms with van der Waals surface area (Å²) in [5, 5.41) is 6.42. The summed E-state index contributed by atoms with van der Waals surface area (Å²) >= 11 is 11.9. The van der Waals surface area contributed by atoms with Crippen LogP contribution in [0.1, 0.15) is 15.9 Å². The van der Waals surface area contributed by atoms with Crippen molar-refractivity contribution in [1.82, 2.24) is 10.6 Å².